The topological polar surface area (TPSA) is 87.7 Å². The molecule has 180 valence electrons. The predicted molar refractivity (Wildman–Crippen MR) is 122 cm³/mol. The van der Waals surface area contributed by atoms with Crippen LogP contribution in [-0.2, 0) is 14.3 Å². The lowest BCUT2D eigenvalue weighted by atomic mass is 9.49. The number of alkyl carbamates (subject to hydrolysis) is 1. The zero-order chi connectivity index (χ0) is 22.9. The van der Waals surface area contributed by atoms with Gasteiger partial charge in [-0.15, -0.1) is 0 Å². The van der Waals surface area contributed by atoms with Crippen molar-refractivity contribution in [3.63, 3.8) is 0 Å². The van der Waals surface area contributed by atoms with Gasteiger partial charge in [0.15, 0.2) is 0 Å². The van der Waals surface area contributed by atoms with E-state index >= 15 is 0 Å². The molecule has 32 heavy (non-hydrogen) atoms. The average molecular weight is 448 g/mol. The van der Waals surface area contributed by atoms with E-state index in [-0.39, 0.29) is 24.3 Å². The van der Waals surface area contributed by atoms with Gasteiger partial charge in [0, 0.05) is 32.6 Å². The fourth-order valence-corrected chi connectivity index (χ4v) is 6.99. The van der Waals surface area contributed by atoms with E-state index in [1.54, 1.807) is 20.8 Å². The number of amides is 3. The van der Waals surface area contributed by atoms with Gasteiger partial charge in [-0.25, -0.2) is 4.79 Å². The number of carbonyl (C=O) groups excluding carboxylic acids is 3. The van der Waals surface area contributed by atoms with Crippen LogP contribution in [0.15, 0.2) is 0 Å². The fourth-order valence-electron chi connectivity index (χ4n) is 6.99. The third kappa shape index (κ3) is 5.57. The summed E-state index contributed by atoms with van der Waals surface area (Å²) in [6.45, 7) is 7.97. The molecule has 0 aromatic rings. The molecule has 0 aromatic carbocycles. The van der Waals surface area contributed by atoms with Crippen LogP contribution in [0, 0.1) is 29.1 Å². The largest absolute Gasteiger partial charge is 0.444 e. The van der Waals surface area contributed by atoms with E-state index in [1.807, 2.05) is 0 Å². The minimum absolute atomic E-state index is 0.0447. The van der Waals surface area contributed by atoms with E-state index in [0.29, 0.717) is 18.4 Å². The number of hydrogen-bond acceptors (Lipinski definition) is 4. The van der Waals surface area contributed by atoms with Crippen molar-refractivity contribution in [2.45, 2.75) is 84.2 Å². The fraction of sp³-hybridized carbons (Fsp3) is 0.880. The summed E-state index contributed by atoms with van der Waals surface area (Å²) in [7, 11) is 0. The SMILES string of the molecule is CC(C)(C)OC(=O)NCCC(=O)NCC1CCN(C(=O)C23CC4CC(CC(C4)C2)C3)CC1. The Morgan fingerprint density at radius 1 is 0.938 bits per heavy atom. The smallest absolute Gasteiger partial charge is 0.407 e. The van der Waals surface area contributed by atoms with Gasteiger partial charge in [-0.2, -0.15) is 0 Å². The van der Waals surface area contributed by atoms with Crippen LogP contribution in [0.25, 0.3) is 0 Å². The maximum atomic E-state index is 13.5. The van der Waals surface area contributed by atoms with Crippen LogP contribution in [0.5, 0.6) is 0 Å². The second-order valence-electron chi connectivity index (χ2n) is 11.9. The molecule has 4 saturated carbocycles. The highest BCUT2D eigenvalue weighted by atomic mass is 16.6. The molecule has 5 rings (SSSR count). The lowest BCUT2D eigenvalue weighted by Crippen LogP contribution is -2.56. The second-order valence-corrected chi connectivity index (χ2v) is 11.9. The van der Waals surface area contributed by atoms with Gasteiger partial charge in [-0.05, 0) is 95.8 Å². The van der Waals surface area contributed by atoms with Crippen LogP contribution in [0.2, 0.25) is 0 Å². The summed E-state index contributed by atoms with van der Waals surface area (Å²) in [4.78, 5) is 39.4. The number of hydrogen-bond donors (Lipinski definition) is 2. The summed E-state index contributed by atoms with van der Waals surface area (Å²) >= 11 is 0. The number of piperidine rings is 1. The Hall–Kier alpha value is -1.79. The molecule has 4 aliphatic carbocycles. The first kappa shape index (κ1) is 23.4. The molecular formula is C25H41N3O4. The van der Waals surface area contributed by atoms with Crippen LogP contribution in [-0.4, -0.2) is 54.6 Å². The molecule has 7 heteroatoms. The van der Waals surface area contributed by atoms with E-state index < -0.39 is 11.7 Å². The molecule has 5 aliphatic rings. The van der Waals surface area contributed by atoms with Gasteiger partial charge in [0.05, 0.1) is 5.41 Å². The third-order valence-corrected chi connectivity index (χ3v) is 8.00. The summed E-state index contributed by atoms with van der Waals surface area (Å²) in [6, 6.07) is 0. The number of carbonyl (C=O) groups is 3. The first-order chi connectivity index (χ1) is 15.1. The highest BCUT2D eigenvalue weighted by Gasteiger charge is 2.55. The molecule has 1 heterocycles. The van der Waals surface area contributed by atoms with Gasteiger partial charge in [-0.3, -0.25) is 9.59 Å². The summed E-state index contributed by atoms with van der Waals surface area (Å²) in [5, 5.41) is 5.61. The highest BCUT2D eigenvalue weighted by molar-refractivity contribution is 5.83. The normalized spacial score (nSPS) is 32.0. The van der Waals surface area contributed by atoms with E-state index in [1.165, 1.54) is 19.3 Å². The Morgan fingerprint density at radius 3 is 2.03 bits per heavy atom. The van der Waals surface area contributed by atoms with Gasteiger partial charge in [0.1, 0.15) is 5.60 Å². The third-order valence-electron chi connectivity index (χ3n) is 8.00. The molecule has 0 spiro atoms. The lowest BCUT2D eigenvalue weighted by Gasteiger charge is -2.57. The van der Waals surface area contributed by atoms with Crippen molar-refractivity contribution in [1.29, 1.82) is 0 Å². The summed E-state index contributed by atoms with van der Waals surface area (Å²) in [6.07, 6.45) is 9.12. The Labute approximate surface area is 192 Å². The Bertz CT molecular complexity index is 686. The maximum Gasteiger partial charge on any atom is 0.407 e. The van der Waals surface area contributed by atoms with Gasteiger partial charge >= 0.3 is 6.09 Å². The van der Waals surface area contributed by atoms with Crippen LogP contribution >= 0.6 is 0 Å². The zero-order valence-corrected chi connectivity index (χ0v) is 20.1. The summed E-state index contributed by atoms with van der Waals surface area (Å²) < 4.78 is 5.17. The summed E-state index contributed by atoms with van der Waals surface area (Å²) in [5.41, 5.74) is -0.588. The first-order valence-corrected chi connectivity index (χ1v) is 12.6. The van der Waals surface area contributed by atoms with Crippen molar-refractivity contribution in [2.24, 2.45) is 29.1 Å². The van der Waals surface area contributed by atoms with Gasteiger partial charge in [-0.1, -0.05) is 0 Å². The van der Waals surface area contributed by atoms with Crippen LogP contribution in [0.1, 0.15) is 78.6 Å². The molecule has 4 bridgehead atoms. The number of likely N-dealkylation sites (tertiary alicyclic amines) is 1. The number of rotatable bonds is 6. The minimum Gasteiger partial charge on any atom is -0.444 e. The standard InChI is InChI=1S/C25H41N3O4/c1-24(2,3)32-23(31)26-7-4-21(29)27-16-17-5-8-28(9-6-17)22(30)25-13-18-10-19(14-25)12-20(11-18)15-25/h17-20H,4-16H2,1-3H3,(H,26,31)(H,27,29). The van der Waals surface area contributed by atoms with Crippen LogP contribution in [0.3, 0.4) is 0 Å². The molecule has 1 saturated heterocycles. The van der Waals surface area contributed by atoms with E-state index in [4.69, 9.17) is 4.74 Å². The molecule has 7 nitrogen and oxygen atoms in total. The summed E-state index contributed by atoms with van der Waals surface area (Å²) in [5.74, 6) is 3.17. The van der Waals surface area contributed by atoms with E-state index in [9.17, 15) is 14.4 Å². The van der Waals surface area contributed by atoms with Crippen molar-refractivity contribution in [3.8, 4) is 0 Å². The number of ether oxygens (including phenoxy) is 1. The number of nitrogens with zero attached hydrogens (tertiary/aromatic N) is 1. The average Bonchev–Trinajstić information content (AvgIpc) is 2.70. The number of nitrogens with one attached hydrogen (secondary N) is 2. The van der Waals surface area contributed by atoms with Crippen LogP contribution < -0.4 is 10.6 Å². The Balaban J connectivity index is 1.14. The zero-order valence-electron chi connectivity index (χ0n) is 20.1. The lowest BCUT2D eigenvalue weighted by molar-refractivity contribution is -0.159. The molecule has 5 fully saturated rings. The van der Waals surface area contributed by atoms with Crippen molar-refractivity contribution < 1.29 is 19.1 Å². The van der Waals surface area contributed by atoms with Crippen molar-refractivity contribution in [2.75, 3.05) is 26.2 Å². The molecule has 1 aliphatic heterocycles. The molecular weight excluding hydrogens is 406 g/mol. The molecule has 2 N–H and O–H groups in total. The quantitative estimate of drug-likeness (QED) is 0.653. The molecule has 0 atom stereocenters. The molecule has 0 unspecified atom stereocenters. The molecule has 0 aromatic heterocycles. The van der Waals surface area contributed by atoms with Crippen molar-refractivity contribution in [1.82, 2.24) is 15.5 Å². The van der Waals surface area contributed by atoms with Crippen LogP contribution in [0.4, 0.5) is 4.79 Å². The Morgan fingerprint density at radius 2 is 1.50 bits per heavy atom. The van der Waals surface area contributed by atoms with Gasteiger partial charge < -0.3 is 20.3 Å². The second kappa shape index (κ2) is 9.22. The van der Waals surface area contributed by atoms with E-state index in [0.717, 1.165) is 62.9 Å². The molecule has 0 radical (unpaired) electrons. The minimum atomic E-state index is -0.543. The van der Waals surface area contributed by atoms with Gasteiger partial charge in [0.2, 0.25) is 11.8 Å². The Kier molecular flexibility index (Phi) is 6.73. The van der Waals surface area contributed by atoms with Crippen molar-refractivity contribution in [3.05, 3.63) is 0 Å². The highest BCUT2D eigenvalue weighted by Crippen LogP contribution is 2.60. The maximum absolute atomic E-state index is 13.5. The molecule has 3 amide bonds. The van der Waals surface area contributed by atoms with Gasteiger partial charge in [0.25, 0.3) is 0 Å². The van der Waals surface area contributed by atoms with E-state index in [2.05, 4.69) is 15.5 Å². The first-order valence-electron chi connectivity index (χ1n) is 12.6. The predicted octanol–water partition coefficient (Wildman–Crippen LogP) is 3.47. The van der Waals surface area contributed by atoms with Crippen molar-refractivity contribution >= 4 is 17.9 Å². The monoisotopic (exact) mass is 447 g/mol.